The molecule has 0 saturated carbocycles. The van der Waals surface area contributed by atoms with E-state index in [1.54, 1.807) is 0 Å². The van der Waals surface area contributed by atoms with E-state index in [0.29, 0.717) is 11.8 Å². The smallest absolute Gasteiger partial charge is 0.155 e. The van der Waals surface area contributed by atoms with Crippen molar-refractivity contribution >= 4 is 17.1 Å². The largest absolute Gasteiger partial charge is 0.496 e. The number of imidazole rings is 1. The molecule has 4 nitrogen and oxygen atoms in total. The first kappa shape index (κ1) is 27.4. The fourth-order valence-corrected chi connectivity index (χ4v) is 5.97. The van der Waals surface area contributed by atoms with E-state index in [0.717, 1.165) is 17.2 Å². The number of anilines is 1. The Balaban J connectivity index is 0.00000308. The summed E-state index contributed by atoms with van der Waals surface area (Å²) in [4.78, 5) is 9.44. The van der Waals surface area contributed by atoms with Gasteiger partial charge in [0.25, 0.3) is 0 Å². The summed E-state index contributed by atoms with van der Waals surface area (Å²) in [7, 11) is 2.07. The van der Waals surface area contributed by atoms with Crippen molar-refractivity contribution in [1.29, 1.82) is 0 Å². The fraction of sp³-hybridized carbons (Fsp3) is 0.294. The van der Waals surface area contributed by atoms with Crippen molar-refractivity contribution in [2.24, 2.45) is 7.05 Å². The topological polar surface area (TPSA) is 24.3 Å². The molecule has 4 aromatic rings. The third-order valence-electron chi connectivity index (χ3n) is 7.85. The van der Waals surface area contributed by atoms with Gasteiger partial charge in [0, 0.05) is 45.2 Å². The normalized spacial score (nSPS) is 14.2. The van der Waals surface area contributed by atoms with Crippen molar-refractivity contribution < 1.29 is 20.1 Å². The molecule has 0 amide bonds. The molecule has 0 saturated heterocycles. The predicted molar refractivity (Wildman–Crippen MR) is 158 cm³/mol. The SMILES string of the molecule is CC(C)c1cccc(C(C)C)c1-c1ccc2c(c1)-c1ccc[c-]c1N1[CH-]N(C(C)C)C(c3nccn3C)=C21.[Ir]. The third kappa shape index (κ3) is 4.37. The molecule has 1 radical (unpaired) electrons. The number of nitrogens with zero attached hydrogens (tertiary/aromatic N) is 4. The van der Waals surface area contributed by atoms with Crippen LogP contribution in [-0.2, 0) is 27.2 Å². The Bertz CT molecular complexity index is 1530. The molecule has 6 rings (SSSR count). The van der Waals surface area contributed by atoms with Crippen molar-refractivity contribution in [3.63, 3.8) is 0 Å². The van der Waals surface area contributed by atoms with Gasteiger partial charge in [0.05, 0.1) is 5.70 Å². The van der Waals surface area contributed by atoms with Crippen LogP contribution in [0.5, 0.6) is 0 Å². The fourth-order valence-electron chi connectivity index (χ4n) is 5.97. The summed E-state index contributed by atoms with van der Waals surface area (Å²) in [5.74, 6) is 1.85. The van der Waals surface area contributed by atoms with Crippen LogP contribution in [0.3, 0.4) is 0 Å². The van der Waals surface area contributed by atoms with Gasteiger partial charge in [-0.25, -0.2) is 4.98 Å². The van der Waals surface area contributed by atoms with Crippen LogP contribution in [0.25, 0.3) is 33.6 Å². The number of fused-ring (bicyclic) bond motifs is 6. The Morgan fingerprint density at radius 3 is 2.15 bits per heavy atom. The minimum absolute atomic E-state index is 0. The maximum Gasteiger partial charge on any atom is 0.155 e. The van der Waals surface area contributed by atoms with Gasteiger partial charge in [0.15, 0.2) is 5.82 Å². The zero-order chi connectivity index (χ0) is 26.7. The maximum absolute atomic E-state index is 4.78. The van der Waals surface area contributed by atoms with Crippen molar-refractivity contribution in [3.05, 3.63) is 102 Å². The van der Waals surface area contributed by atoms with E-state index < -0.39 is 0 Å². The predicted octanol–water partition coefficient (Wildman–Crippen LogP) is 8.29. The summed E-state index contributed by atoms with van der Waals surface area (Å²) in [6, 6.07) is 24.1. The van der Waals surface area contributed by atoms with Gasteiger partial charge in [-0.15, -0.1) is 5.56 Å². The number of hydrogen-bond donors (Lipinski definition) is 0. The molecule has 0 unspecified atom stereocenters. The Morgan fingerprint density at radius 2 is 1.54 bits per heavy atom. The molecule has 3 aromatic carbocycles. The molecule has 0 atom stereocenters. The van der Waals surface area contributed by atoms with Gasteiger partial charge in [-0.3, -0.25) is 0 Å². The van der Waals surface area contributed by atoms with Gasteiger partial charge < -0.3 is 14.4 Å². The standard InChI is InChI=1S/C34H36N4.Ir/c1-21(2)25-12-10-13-26(22(3)4)31(25)24-15-16-28-29(19-24)27-11-8-9-14-30(27)38-20-37(23(5)6)33(32(28)38)34-35-17-18-36(34)7;/h8-13,15-23H,1-7H3;/q-2;. The molecule has 5 heteroatoms. The molecular formula is C34H36IrN4-2. The first-order valence-corrected chi connectivity index (χ1v) is 13.7. The minimum Gasteiger partial charge on any atom is -0.496 e. The molecule has 203 valence electrons. The van der Waals surface area contributed by atoms with E-state index in [-0.39, 0.29) is 26.1 Å². The summed E-state index contributed by atoms with van der Waals surface area (Å²) in [6.07, 6.45) is 3.90. The average molecular weight is 693 g/mol. The maximum atomic E-state index is 4.78. The second-order valence-electron chi connectivity index (χ2n) is 11.4. The number of rotatable bonds is 5. The van der Waals surface area contributed by atoms with Crippen LogP contribution < -0.4 is 4.90 Å². The molecule has 39 heavy (non-hydrogen) atoms. The summed E-state index contributed by atoms with van der Waals surface area (Å²) >= 11 is 0. The van der Waals surface area contributed by atoms with Gasteiger partial charge in [-0.1, -0.05) is 75.3 Å². The van der Waals surface area contributed by atoms with E-state index in [1.165, 1.54) is 44.6 Å². The van der Waals surface area contributed by atoms with Crippen LogP contribution in [0, 0.1) is 12.7 Å². The van der Waals surface area contributed by atoms with Crippen LogP contribution in [0.1, 0.15) is 75.9 Å². The van der Waals surface area contributed by atoms with Crippen LogP contribution >= 0.6 is 0 Å². The summed E-state index contributed by atoms with van der Waals surface area (Å²) in [5, 5.41) is 0. The number of aryl methyl sites for hydroxylation is 1. The van der Waals surface area contributed by atoms with Gasteiger partial charge in [-0.05, 0) is 59.5 Å². The van der Waals surface area contributed by atoms with E-state index in [4.69, 9.17) is 4.98 Å². The Kier molecular flexibility index (Phi) is 7.34. The van der Waals surface area contributed by atoms with Crippen LogP contribution in [0.4, 0.5) is 5.69 Å². The van der Waals surface area contributed by atoms with E-state index in [1.807, 2.05) is 18.5 Å². The number of aromatic nitrogens is 2. The van der Waals surface area contributed by atoms with Crippen LogP contribution in [-0.4, -0.2) is 20.5 Å². The molecule has 0 N–H and O–H groups in total. The number of hydrogen-bond acceptors (Lipinski definition) is 3. The molecule has 0 aliphatic carbocycles. The van der Waals surface area contributed by atoms with E-state index in [2.05, 4.69) is 124 Å². The number of para-hydroxylation sites is 1. The van der Waals surface area contributed by atoms with Gasteiger partial charge >= 0.3 is 0 Å². The second-order valence-corrected chi connectivity index (χ2v) is 11.4. The molecule has 0 bridgehead atoms. The minimum atomic E-state index is 0. The van der Waals surface area contributed by atoms with Gasteiger partial charge in [0.1, 0.15) is 0 Å². The molecule has 2 aliphatic heterocycles. The van der Waals surface area contributed by atoms with E-state index >= 15 is 0 Å². The summed E-state index contributed by atoms with van der Waals surface area (Å²) in [5.41, 5.74) is 12.5. The monoisotopic (exact) mass is 693 g/mol. The van der Waals surface area contributed by atoms with Gasteiger partial charge in [-0.2, -0.15) is 30.9 Å². The molecule has 1 aromatic heterocycles. The average Bonchev–Trinajstić information content (AvgIpc) is 3.51. The van der Waals surface area contributed by atoms with Crippen LogP contribution in [0.2, 0.25) is 0 Å². The quantitative estimate of drug-likeness (QED) is 0.197. The number of benzene rings is 3. The molecule has 0 fully saturated rings. The van der Waals surface area contributed by atoms with Crippen molar-refractivity contribution in [1.82, 2.24) is 14.5 Å². The third-order valence-corrected chi connectivity index (χ3v) is 7.85. The summed E-state index contributed by atoms with van der Waals surface area (Å²) < 4.78 is 2.11. The van der Waals surface area contributed by atoms with Crippen molar-refractivity contribution in [2.75, 3.05) is 4.90 Å². The molecule has 3 heterocycles. The van der Waals surface area contributed by atoms with Crippen molar-refractivity contribution in [2.45, 2.75) is 59.4 Å². The Hall–Kier alpha value is -3.14. The van der Waals surface area contributed by atoms with E-state index in [9.17, 15) is 0 Å². The molecule has 0 spiro atoms. The zero-order valence-corrected chi connectivity index (χ0v) is 26.2. The Morgan fingerprint density at radius 1 is 0.821 bits per heavy atom. The summed E-state index contributed by atoms with van der Waals surface area (Å²) in [6.45, 7) is 15.9. The first-order valence-electron chi connectivity index (χ1n) is 13.7. The first-order chi connectivity index (χ1) is 18.3. The molecular weight excluding hydrogens is 657 g/mol. The second kappa shape index (κ2) is 10.4. The Labute approximate surface area is 246 Å². The molecule has 2 aliphatic rings. The van der Waals surface area contributed by atoms with Crippen LogP contribution in [0.15, 0.2) is 67.0 Å². The van der Waals surface area contributed by atoms with Gasteiger partial charge in [0.2, 0.25) is 0 Å². The van der Waals surface area contributed by atoms with Crippen molar-refractivity contribution in [3.8, 4) is 22.3 Å². The zero-order valence-electron chi connectivity index (χ0n) is 23.8.